The Kier molecular flexibility index (Phi) is 6.74. The Labute approximate surface area is 151 Å². The van der Waals surface area contributed by atoms with Gasteiger partial charge in [-0.1, -0.05) is 12.1 Å². The van der Waals surface area contributed by atoms with E-state index in [9.17, 15) is 14.7 Å². The summed E-state index contributed by atoms with van der Waals surface area (Å²) in [6, 6.07) is 7.09. The van der Waals surface area contributed by atoms with Gasteiger partial charge in [-0.3, -0.25) is 19.3 Å². The number of H-pyrrole nitrogens is 1. The van der Waals surface area contributed by atoms with Gasteiger partial charge in [-0.05, 0) is 17.7 Å². The number of hydrogen-bond acceptors (Lipinski definition) is 5. The Bertz CT molecular complexity index is 866. The molecular formula is C18H25N4O4+. The van der Waals surface area contributed by atoms with Crippen LogP contribution in [0.1, 0.15) is 17.5 Å². The van der Waals surface area contributed by atoms with Gasteiger partial charge in [0.2, 0.25) is 5.88 Å². The highest BCUT2D eigenvalue weighted by Crippen LogP contribution is 2.14. The fraction of sp³-hybridized carbons (Fsp3) is 0.389. The molecule has 0 aliphatic rings. The molecule has 0 saturated carbocycles. The van der Waals surface area contributed by atoms with Gasteiger partial charge in [-0.25, -0.2) is 4.79 Å². The van der Waals surface area contributed by atoms with Gasteiger partial charge < -0.3 is 14.7 Å². The third kappa shape index (κ3) is 5.06. The standard InChI is InChI=1S/C18H24N4O4/c1-21(2)10-4-9-19-11-15-16(23)20-18(25)22(17(15)24)12-13-5-7-14(26-3)8-6-13/h5-8,11,24H,4,9-10,12H2,1-3H3,(H,20,23,25)/p+1. The number of nitrogens with one attached hydrogen (secondary N) is 2. The van der Waals surface area contributed by atoms with Crippen LogP contribution in [0, 0.1) is 0 Å². The summed E-state index contributed by atoms with van der Waals surface area (Å²) >= 11 is 0. The van der Waals surface area contributed by atoms with Gasteiger partial charge in [0, 0.05) is 19.2 Å². The smallest absolute Gasteiger partial charge is 0.331 e. The van der Waals surface area contributed by atoms with Crippen LogP contribution in [0.25, 0.3) is 0 Å². The quantitative estimate of drug-likeness (QED) is 0.425. The van der Waals surface area contributed by atoms with E-state index in [1.165, 1.54) is 11.1 Å². The summed E-state index contributed by atoms with van der Waals surface area (Å²) in [5.74, 6) is 0.302. The van der Waals surface area contributed by atoms with Crippen LogP contribution < -0.4 is 20.9 Å². The number of methoxy groups -OCH3 is 1. The predicted octanol–water partition coefficient (Wildman–Crippen LogP) is -0.747. The third-order valence-electron chi connectivity index (χ3n) is 3.89. The van der Waals surface area contributed by atoms with Crippen molar-refractivity contribution in [3.05, 3.63) is 56.2 Å². The van der Waals surface area contributed by atoms with E-state index in [1.807, 2.05) is 0 Å². The maximum absolute atomic E-state index is 12.1. The van der Waals surface area contributed by atoms with E-state index >= 15 is 0 Å². The Morgan fingerprint density at radius 1 is 1.27 bits per heavy atom. The number of benzene rings is 1. The molecule has 1 aromatic heterocycles. The molecule has 0 saturated heterocycles. The highest BCUT2D eigenvalue weighted by molar-refractivity contribution is 5.81. The molecule has 0 radical (unpaired) electrons. The first kappa shape index (κ1) is 19.5. The first-order chi connectivity index (χ1) is 12.4. The molecule has 1 heterocycles. The van der Waals surface area contributed by atoms with Crippen molar-refractivity contribution in [1.82, 2.24) is 9.55 Å². The fourth-order valence-electron chi connectivity index (χ4n) is 2.43. The average Bonchev–Trinajstić information content (AvgIpc) is 2.61. The molecule has 2 rings (SSSR count). The number of ether oxygens (including phenoxy) is 1. The van der Waals surface area contributed by atoms with E-state index < -0.39 is 17.1 Å². The molecule has 8 nitrogen and oxygen atoms in total. The Morgan fingerprint density at radius 2 is 1.96 bits per heavy atom. The molecule has 2 aromatic rings. The molecule has 1 aromatic carbocycles. The maximum atomic E-state index is 12.1. The summed E-state index contributed by atoms with van der Waals surface area (Å²) in [6.45, 7) is 1.62. The zero-order chi connectivity index (χ0) is 19.1. The third-order valence-corrected chi connectivity index (χ3v) is 3.89. The van der Waals surface area contributed by atoms with Crippen molar-refractivity contribution < 1.29 is 14.7 Å². The predicted molar refractivity (Wildman–Crippen MR) is 99.8 cm³/mol. The van der Waals surface area contributed by atoms with E-state index in [0.29, 0.717) is 12.3 Å². The van der Waals surface area contributed by atoms with Gasteiger partial charge in [-0.2, -0.15) is 0 Å². The summed E-state index contributed by atoms with van der Waals surface area (Å²) in [7, 11) is 5.67. The van der Waals surface area contributed by atoms with Crippen LogP contribution in [-0.2, 0) is 6.54 Å². The first-order valence-corrected chi connectivity index (χ1v) is 8.40. The minimum absolute atomic E-state index is 0.0182. The van der Waals surface area contributed by atoms with Crippen molar-refractivity contribution in [1.29, 1.82) is 0 Å². The van der Waals surface area contributed by atoms with E-state index in [2.05, 4.69) is 24.1 Å². The average molecular weight is 361 g/mol. The molecule has 3 N–H and O–H groups in total. The molecule has 8 heteroatoms. The molecule has 26 heavy (non-hydrogen) atoms. The molecule has 0 fully saturated rings. The Morgan fingerprint density at radius 3 is 2.58 bits per heavy atom. The minimum Gasteiger partial charge on any atom is -0.497 e. The van der Waals surface area contributed by atoms with E-state index in [4.69, 9.17) is 4.74 Å². The van der Waals surface area contributed by atoms with Crippen LogP contribution in [0.4, 0.5) is 0 Å². The number of quaternary nitrogens is 1. The van der Waals surface area contributed by atoms with Gasteiger partial charge in [0.1, 0.15) is 11.3 Å². The van der Waals surface area contributed by atoms with Gasteiger partial charge in [0.05, 0.1) is 34.3 Å². The largest absolute Gasteiger partial charge is 0.497 e. The highest BCUT2D eigenvalue weighted by Gasteiger charge is 2.13. The number of nitrogens with zero attached hydrogens (tertiary/aromatic N) is 2. The lowest BCUT2D eigenvalue weighted by atomic mass is 10.2. The second-order valence-corrected chi connectivity index (χ2v) is 6.28. The molecule has 0 spiro atoms. The molecular weight excluding hydrogens is 336 g/mol. The zero-order valence-corrected chi connectivity index (χ0v) is 15.3. The van der Waals surface area contributed by atoms with Gasteiger partial charge in [-0.15, -0.1) is 0 Å². The normalized spacial score (nSPS) is 11.4. The lowest BCUT2D eigenvalue weighted by Gasteiger charge is -2.10. The number of hydrogen-bond donors (Lipinski definition) is 3. The minimum atomic E-state index is -0.670. The molecule has 0 aliphatic heterocycles. The lowest BCUT2D eigenvalue weighted by molar-refractivity contribution is -0.858. The fourth-order valence-corrected chi connectivity index (χ4v) is 2.43. The van der Waals surface area contributed by atoms with E-state index in [0.717, 1.165) is 23.1 Å². The molecule has 0 unspecified atom stereocenters. The van der Waals surface area contributed by atoms with Crippen LogP contribution >= 0.6 is 0 Å². The number of aromatic hydroxyl groups is 1. The summed E-state index contributed by atoms with van der Waals surface area (Å²) in [5.41, 5.74) is -0.556. The molecule has 0 aliphatic carbocycles. The zero-order valence-electron chi connectivity index (χ0n) is 15.3. The molecule has 0 amide bonds. The molecule has 0 atom stereocenters. The van der Waals surface area contributed by atoms with Crippen LogP contribution in [0.5, 0.6) is 11.6 Å². The van der Waals surface area contributed by atoms with Crippen LogP contribution in [-0.4, -0.2) is 55.2 Å². The molecule has 140 valence electrons. The number of aromatic amines is 1. The van der Waals surface area contributed by atoms with Crippen LogP contribution in [0.3, 0.4) is 0 Å². The first-order valence-electron chi connectivity index (χ1n) is 8.40. The number of rotatable bonds is 8. The van der Waals surface area contributed by atoms with Crippen molar-refractivity contribution in [2.24, 2.45) is 4.99 Å². The van der Waals surface area contributed by atoms with Crippen molar-refractivity contribution in [2.45, 2.75) is 13.0 Å². The SMILES string of the molecule is COc1ccc(Cn2c(O)c(C=NCCC[NH+](C)C)c(=O)[nH]c2=O)cc1. The summed E-state index contributed by atoms with van der Waals surface area (Å²) in [6.07, 6.45) is 2.19. The monoisotopic (exact) mass is 361 g/mol. The number of aromatic nitrogens is 2. The van der Waals surface area contributed by atoms with E-state index in [1.54, 1.807) is 31.4 Å². The lowest BCUT2D eigenvalue weighted by Crippen LogP contribution is -3.05. The van der Waals surface area contributed by atoms with Crippen LogP contribution in [0.15, 0.2) is 38.8 Å². The van der Waals surface area contributed by atoms with Gasteiger partial charge >= 0.3 is 5.69 Å². The molecule has 0 bridgehead atoms. The second-order valence-electron chi connectivity index (χ2n) is 6.28. The topological polar surface area (TPSA) is 101 Å². The number of aliphatic imine (C=N–C) groups is 1. The van der Waals surface area contributed by atoms with Crippen molar-refractivity contribution >= 4 is 6.21 Å². The van der Waals surface area contributed by atoms with Crippen molar-refractivity contribution in [2.75, 3.05) is 34.3 Å². The van der Waals surface area contributed by atoms with E-state index in [-0.39, 0.29) is 12.1 Å². The summed E-state index contributed by atoms with van der Waals surface area (Å²) < 4.78 is 6.20. The van der Waals surface area contributed by atoms with Crippen molar-refractivity contribution in [3.63, 3.8) is 0 Å². The van der Waals surface area contributed by atoms with Crippen molar-refractivity contribution in [3.8, 4) is 11.6 Å². The Balaban J connectivity index is 2.22. The summed E-state index contributed by atoms with van der Waals surface area (Å²) in [5, 5.41) is 10.4. The maximum Gasteiger partial charge on any atom is 0.331 e. The van der Waals surface area contributed by atoms with Gasteiger partial charge in [0.15, 0.2) is 0 Å². The Hall–Kier alpha value is -2.87. The van der Waals surface area contributed by atoms with Gasteiger partial charge in [0.25, 0.3) is 5.56 Å². The summed E-state index contributed by atoms with van der Waals surface area (Å²) in [4.78, 5) is 31.8. The second kappa shape index (κ2) is 9.00. The highest BCUT2D eigenvalue weighted by atomic mass is 16.5. The van der Waals surface area contributed by atoms with Crippen LogP contribution in [0.2, 0.25) is 0 Å².